The molecule has 0 fully saturated rings. The molecule has 2 aromatic carbocycles. The number of anilines is 3. The van der Waals surface area contributed by atoms with Crippen molar-refractivity contribution in [3.8, 4) is 5.75 Å². The molecule has 0 aliphatic carbocycles. The second-order valence-corrected chi connectivity index (χ2v) is 8.73. The average molecular weight is 489 g/mol. The highest BCUT2D eigenvalue weighted by atomic mass is 16.5. The van der Waals surface area contributed by atoms with E-state index >= 15 is 0 Å². The molecule has 1 atom stereocenters. The molecule has 0 saturated heterocycles. The van der Waals surface area contributed by atoms with Gasteiger partial charge >= 0.3 is 5.97 Å². The SMILES string of the molecule is COc1ccc(C)cc1Nc1nc2ccc(CC(=O)N(C)c3ccc(C(C)CC(=O)O)cn3)cc2o1. The van der Waals surface area contributed by atoms with Crippen LogP contribution in [0, 0.1) is 6.92 Å². The van der Waals surface area contributed by atoms with Crippen LogP contribution in [0.5, 0.6) is 5.75 Å². The lowest BCUT2D eigenvalue weighted by Crippen LogP contribution is -2.28. The number of benzene rings is 2. The number of nitrogens with zero attached hydrogens (tertiary/aromatic N) is 3. The van der Waals surface area contributed by atoms with E-state index in [1.807, 2.05) is 44.2 Å². The number of rotatable bonds is 9. The van der Waals surface area contributed by atoms with Crippen molar-refractivity contribution in [3.05, 3.63) is 71.4 Å². The number of carbonyl (C=O) groups excluding carboxylic acids is 1. The van der Waals surface area contributed by atoms with Gasteiger partial charge in [0.1, 0.15) is 17.1 Å². The third-order valence-electron chi connectivity index (χ3n) is 5.94. The molecule has 9 heteroatoms. The Morgan fingerprint density at radius 3 is 2.67 bits per heavy atom. The van der Waals surface area contributed by atoms with Crippen molar-refractivity contribution in [2.45, 2.75) is 32.6 Å². The minimum atomic E-state index is -0.861. The second kappa shape index (κ2) is 10.5. The summed E-state index contributed by atoms with van der Waals surface area (Å²) < 4.78 is 11.3. The van der Waals surface area contributed by atoms with Gasteiger partial charge in [-0.15, -0.1) is 0 Å². The fraction of sp³-hybridized carbons (Fsp3) is 0.259. The highest BCUT2D eigenvalue weighted by Gasteiger charge is 2.16. The maximum atomic E-state index is 12.9. The number of carboxylic acids is 1. The summed E-state index contributed by atoms with van der Waals surface area (Å²) in [7, 11) is 3.27. The molecule has 0 radical (unpaired) electrons. The van der Waals surface area contributed by atoms with E-state index in [2.05, 4.69) is 15.3 Å². The third kappa shape index (κ3) is 5.63. The number of carbonyl (C=O) groups is 2. The number of hydrogen-bond donors (Lipinski definition) is 2. The van der Waals surface area contributed by atoms with Crippen LogP contribution in [0.2, 0.25) is 0 Å². The fourth-order valence-corrected chi connectivity index (χ4v) is 3.86. The number of fused-ring (bicyclic) bond motifs is 1. The minimum Gasteiger partial charge on any atom is -0.495 e. The summed E-state index contributed by atoms with van der Waals surface area (Å²) in [6.45, 7) is 3.82. The number of hydrogen-bond acceptors (Lipinski definition) is 7. The highest BCUT2D eigenvalue weighted by molar-refractivity contribution is 5.93. The molecule has 9 nitrogen and oxygen atoms in total. The summed E-state index contributed by atoms with van der Waals surface area (Å²) in [4.78, 5) is 34.1. The fourth-order valence-electron chi connectivity index (χ4n) is 3.86. The number of aromatic nitrogens is 2. The molecule has 36 heavy (non-hydrogen) atoms. The quantitative estimate of drug-likeness (QED) is 0.335. The van der Waals surface area contributed by atoms with Crippen molar-refractivity contribution < 1.29 is 23.8 Å². The van der Waals surface area contributed by atoms with E-state index < -0.39 is 5.97 Å². The standard InChI is InChI=1S/C27H28N4O5/c1-16-5-9-22(35-4)21(11-16)30-27-29-20-8-6-18(13-23(20)36-27)14-25(32)31(3)24-10-7-19(15-28-24)17(2)12-26(33)34/h5-11,13,15,17H,12,14H2,1-4H3,(H,29,30)(H,33,34). The van der Waals surface area contributed by atoms with Crippen LogP contribution in [0.3, 0.4) is 0 Å². The lowest BCUT2D eigenvalue weighted by Gasteiger charge is -2.17. The summed E-state index contributed by atoms with van der Waals surface area (Å²) in [5, 5.41) is 12.1. The first-order chi connectivity index (χ1) is 17.2. The molecule has 4 rings (SSSR count). The number of amides is 1. The third-order valence-corrected chi connectivity index (χ3v) is 5.94. The molecule has 1 unspecified atom stereocenters. The summed E-state index contributed by atoms with van der Waals surface area (Å²) in [6.07, 6.45) is 1.79. The summed E-state index contributed by atoms with van der Waals surface area (Å²) in [5.41, 5.74) is 4.64. The van der Waals surface area contributed by atoms with Crippen molar-refractivity contribution in [1.29, 1.82) is 0 Å². The van der Waals surface area contributed by atoms with Crippen molar-refractivity contribution in [2.24, 2.45) is 0 Å². The Bertz CT molecular complexity index is 1400. The number of methoxy groups -OCH3 is 1. The highest BCUT2D eigenvalue weighted by Crippen LogP contribution is 2.30. The van der Waals surface area contributed by atoms with Gasteiger partial charge in [-0.05, 0) is 59.9 Å². The van der Waals surface area contributed by atoms with Gasteiger partial charge in [0.2, 0.25) is 5.91 Å². The van der Waals surface area contributed by atoms with E-state index in [1.165, 1.54) is 4.90 Å². The number of likely N-dealkylation sites (N-methyl/N-ethyl adjacent to an activating group) is 1. The van der Waals surface area contributed by atoms with Gasteiger partial charge < -0.3 is 19.6 Å². The zero-order valence-electron chi connectivity index (χ0n) is 20.6. The van der Waals surface area contributed by atoms with E-state index in [1.54, 1.807) is 38.6 Å². The van der Waals surface area contributed by atoms with Crippen LogP contribution in [0.15, 0.2) is 59.1 Å². The van der Waals surface area contributed by atoms with E-state index in [-0.39, 0.29) is 24.7 Å². The molecule has 0 bridgehead atoms. The number of ether oxygens (including phenoxy) is 1. The molecule has 2 aromatic heterocycles. The molecule has 0 saturated carbocycles. The Balaban J connectivity index is 1.45. The van der Waals surface area contributed by atoms with Crippen LogP contribution in [0.1, 0.15) is 36.0 Å². The number of nitrogens with one attached hydrogen (secondary N) is 1. The molecule has 1 amide bonds. The summed E-state index contributed by atoms with van der Waals surface area (Å²) in [6, 6.07) is 15.1. The molecular weight excluding hydrogens is 460 g/mol. The zero-order chi connectivity index (χ0) is 25.8. The predicted molar refractivity (Wildman–Crippen MR) is 137 cm³/mol. The zero-order valence-corrected chi connectivity index (χ0v) is 20.6. The van der Waals surface area contributed by atoms with Gasteiger partial charge in [-0.3, -0.25) is 14.5 Å². The van der Waals surface area contributed by atoms with Gasteiger partial charge in [0.15, 0.2) is 5.58 Å². The topological polar surface area (TPSA) is 118 Å². The van der Waals surface area contributed by atoms with Crippen LogP contribution in [-0.4, -0.2) is 41.1 Å². The van der Waals surface area contributed by atoms with Crippen molar-refractivity contribution in [3.63, 3.8) is 0 Å². The normalized spacial score (nSPS) is 11.8. The Morgan fingerprint density at radius 1 is 1.17 bits per heavy atom. The van der Waals surface area contributed by atoms with E-state index in [9.17, 15) is 9.59 Å². The predicted octanol–water partition coefficient (Wildman–Crippen LogP) is 5.07. The first-order valence-electron chi connectivity index (χ1n) is 11.5. The Hall–Kier alpha value is -4.40. The maximum absolute atomic E-state index is 12.9. The molecule has 0 aliphatic heterocycles. The summed E-state index contributed by atoms with van der Waals surface area (Å²) in [5.74, 6) is 0.00165. The Labute approximate surface area is 208 Å². The Kier molecular flexibility index (Phi) is 7.19. The molecule has 186 valence electrons. The first kappa shape index (κ1) is 24.7. The molecule has 0 spiro atoms. The van der Waals surface area contributed by atoms with Crippen molar-refractivity contribution in [1.82, 2.24) is 9.97 Å². The Morgan fingerprint density at radius 2 is 1.97 bits per heavy atom. The minimum absolute atomic E-state index is 0.0235. The molecular formula is C27H28N4O5. The lowest BCUT2D eigenvalue weighted by molar-refractivity contribution is -0.137. The van der Waals surface area contributed by atoms with Crippen molar-refractivity contribution in [2.75, 3.05) is 24.4 Å². The van der Waals surface area contributed by atoms with E-state index in [0.717, 1.165) is 22.4 Å². The molecule has 2 heterocycles. The maximum Gasteiger partial charge on any atom is 0.303 e. The van der Waals surface area contributed by atoms with Gasteiger partial charge in [-0.25, -0.2) is 4.98 Å². The van der Waals surface area contributed by atoms with Crippen LogP contribution in [0.25, 0.3) is 11.1 Å². The average Bonchev–Trinajstić information content (AvgIpc) is 3.25. The van der Waals surface area contributed by atoms with Gasteiger partial charge in [-0.1, -0.05) is 25.1 Å². The van der Waals surface area contributed by atoms with Gasteiger partial charge in [0, 0.05) is 13.2 Å². The van der Waals surface area contributed by atoms with Crippen LogP contribution < -0.4 is 15.0 Å². The van der Waals surface area contributed by atoms with Crippen LogP contribution in [-0.2, 0) is 16.0 Å². The van der Waals surface area contributed by atoms with Crippen molar-refractivity contribution >= 4 is 40.5 Å². The summed E-state index contributed by atoms with van der Waals surface area (Å²) >= 11 is 0. The number of pyridine rings is 1. The van der Waals surface area contributed by atoms with Gasteiger partial charge in [0.25, 0.3) is 6.01 Å². The first-order valence-corrected chi connectivity index (χ1v) is 11.5. The number of aliphatic carboxylic acids is 1. The monoisotopic (exact) mass is 488 g/mol. The number of aryl methyl sites for hydroxylation is 1. The lowest BCUT2D eigenvalue weighted by atomic mass is 10.00. The molecule has 2 N–H and O–H groups in total. The van der Waals surface area contributed by atoms with Gasteiger partial charge in [0.05, 0.1) is 25.6 Å². The van der Waals surface area contributed by atoms with Crippen LogP contribution >= 0.6 is 0 Å². The number of oxazole rings is 1. The second-order valence-electron chi connectivity index (χ2n) is 8.73. The smallest absolute Gasteiger partial charge is 0.303 e. The number of carboxylic acid groups (broad SMARTS) is 1. The molecule has 0 aliphatic rings. The van der Waals surface area contributed by atoms with E-state index in [0.29, 0.717) is 28.7 Å². The largest absolute Gasteiger partial charge is 0.495 e. The molecule has 4 aromatic rings. The van der Waals surface area contributed by atoms with Crippen LogP contribution in [0.4, 0.5) is 17.5 Å². The van der Waals surface area contributed by atoms with Gasteiger partial charge in [-0.2, -0.15) is 4.98 Å². The van der Waals surface area contributed by atoms with E-state index in [4.69, 9.17) is 14.3 Å².